The molecule has 1 unspecified atom stereocenters. The van der Waals surface area contributed by atoms with Crippen molar-refractivity contribution in [3.63, 3.8) is 0 Å². The second-order valence-corrected chi connectivity index (χ2v) is 5.08. The molecule has 0 bridgehead atoms. The fraction of sp³-hybridized carbons (Fsp3) is 0.214. The predicted octanol–water partition coefficient (Wildman–Crippen LogP) is 1.14. The van der Waals surface area contributed by atoms with E-state index in [0.29, 0.717) is 17.9 Å². The van der Waals surface area contributed by atoms with Crippen LogP contribution in [0.5, 0.6) is 0 Å². The highest BCUT2D eigenvalue weighted by Gasteiger charge is 2.32. The van der Waals surface area contributed by atoms with E-state index in [1.165, 1.54) is 6.33 Å². The molecule has 0 fully saturated rings. The number of hydrogen-bond acceptors (Lipinski definition) is 5. The van der Waals surface area contributed by atoms with Crippen LogP contribution in [-0.4, -0.2) is 22.4 Å². The van der Waals surface area contributed by atoms with Gasteiger partial charge in [-0.25, -0.2) is 9.97 Å². The third kappa shape index (κ3) is 2.21. The van der Waals surface area contributed by atoms with Crippen LogP contribution in [0, 0.1) is 0 Å². The van der Waals surface area contributed by atoms with Gasteiger partial charge in [0.05, 0.1) is 5.54 Å². The summed E-state index contributed by atoms with van der Waals surface area (Å²) in [5.74, 6) is 0.607. The number of aromatic nitrogens is 2. The van der Waals surface area contributed by atoms with Crippen molar-refractivity contribution in [2.24, 2.45) is 5.73 Å². The van der Waals surface area contributed by atoms with Crippen LogP contribution in [0.1, 0.15) is 22.8 Å². The highest BCUT2D eigenvalue weighted by molar-refractivity contribution is 5.98. The standard InChI is InChI=1S/C14H15N5O/c1-14(15)7-17-13(20)10-3-2-9(6-11(10)14)19-12-4-5-16-8-18-12/h2-6,8H,7,15H2,1H3,(H,17,20)(H,16,18,19). The van der Waals surface area contributed by atoms with E-state index in [-0.39, 0.29) is 5.91 Å². The first kappa shape index (κ1) is 12.6. The molecule has 2 aromatic rings. The minimum atomic E-state index is -0.577. The molecule has 1 aromatic carbocycles. The number of nitrogens with zero attached hydrogens (tertiary/aromatic N) is 2. The number of nitrogens with one attached hydrogen (secondary N) is 2. The number of carbonyl (C=O) groups excluding carboxylic acids is 1. The van der Waals surface area contributed by atoms with Crippen LogP contribution in [0.4, 0.5) is 11.5 Å². The number of carbonyl (C=O) groups is 1. The third-order valence-corrected chi connectivity index (χ3v) is 3.35. The van der Waals surface area contributed by atoms with Gasteiger partial charge in [-0.2, -0.15) is 0 Å². The SMILES string of the molecule is CC1(N)CNC(=O)c2ccc(Nc3ccncn3)cc21. The summed E-state index contributed by atoms with van der Waals surface area (Å²) in [6, 6.07) is 7.28. The van der Waals surface area contributed by atoms with Gasteiger partial charge in [0.15, 0.2) is 0 Å². The summed E-state index contributed by atoms with van der Waals surface area (Å²) in [5.41, 5.74) is 7.96. The zero-order chi connectivity index (χ0) is 14.2. The minimum Gasteiger partial charge on any atom is -0.350 e. The fourth-order valence-electron chi connectivity index (χ4n) is 2.26. The van der Waals surface area contributed by atoms with Crippen LogP contribution >= 0.6 is 0 Å². The van der Waals surface area contributed by atoms with Gasteiger partial charge in [0.25, 0.3) is 5.91 Å². The van der Waals surface area contributed by atoms with Crippen molar-refractivity contribution >= 4 is 17.4 Å². The summed E-state index contributed by atoms with van der Waals surface area (Å²) < 4.78 is 0. The predicted molar refractivity (Wildman–Crippen MR) is 75.6 cm³/mol. The Bertz CT molecular complexity index is 654. The monoisotopic (exact) mass is 269 g/mol. The molecule has 20 heavy (non-hydrogen) atoms. The van der Waals surface area contributed by atoms with Crippen molar-refractivity contribution < 1.29 is 4.79 Å². The maximum absolute atomic E-state index is 11.8. The van der Waals surface area contributed by atoms with Gasteiger partial charge >= 0.3 is 0 Å². The third-order valence-electron chi connectivity index (χ3n) is 3.35. The van der Waals surface area contributed by atoms with Crippen molar-refractivity contribution in [2.75, 3.05) is 11.9 Å². The maximum Gasteiger partial charge on any atom is 0.251 e. The molecule has 4 N–H and O–H groups in total. The molecule has 1 amide bonds. The first-order valence-electron chi connectivity index (χ1n) is 6.31. The fourth-order valence-corrected chi connectivity index (χ4v) is 2.26. The lowest BCUT2D eigenvalue weighted by Gasteiger charge is -2.32. The molecule has 3 rings (SSSR count). The van der Waals surface area contributed by atoms with Crippen LogP contribution in [0.25, 0.3) is 0 Å². The first-order chi connectivity index (χ1) is 9.56. The maximum atomic E-state index is 11.8. The van der Waals surface area contributed by atoms with Crippen molar-refractivity contribution in [3.8, 4) is 0 Å². The average Bonchev–Trinajstić information content (AvgIpc) is 2.45. The zero-order valence-electron chi connectivity index (χ0n) is 11.1. The highest BCUT2D eigenvalue weighted by Crippen LogP contribution is 2.29. The molecular weight excluding hydrogens is 254 g/mol. The summed E-state index contributed by atoms with van der Waals surface area (Å²) in [5, 5.41) is 5.96. The molecule has 6 heteroatoms. The van der Waals surface area contributed by atoms with E-state index in [1.807, 2.05) is 19.1 Å². The molecule has 2 heterocycles. The van der Waals surface area contributed by atoms with E-state index in [0.717, 1.165) is 11.3 Å². The van der Waals surface area contributed by atoms with Gasteiger partial charge in [-0.15, -0.1) is 0 Å². The minimum absolute atomic E-state index is 0.0866. The quantitative estimate of drug-likeness (QED) is 0.760. The molecule has 1 aliphatic rings. The second kappa shape index (κ2) is 4.57. The number of benzene rings is 1. The van der Waals surface area contributed by atoms with Crippen molar-refractivity contribution in [1.82, 2.24) is 15.3 Å². The molecule has 6 nitrogen and oxygen atoms in total. The van der Waals surface area contributed by atoms with E-state index < -0.39 is 5.54 Å². The molecule has 1 atom stereocenters. The van der Waals surface area contributed by atoms with Gasteiger partial charge in [-0.05, 0) is 36.8 Å². The average molecular weight is 269 g/mol. The van der Waals surface area contributed by atoms with Crippen molar-refractivity contribution in [1.29, 1.82) is 0 Å². The van der Waals surface area contributed by atoms with Crippen LogP contribution in [-0.2, 0) is 5.54 Å². The topological polar surface area (TPSA) is 92.9 Å². The molecule has 0 radical (unpaired) electrons. The Morgan fingerprint density at radius 2 is 2.25 bits per heavy atom. The summed E-state index contributed by atoms with van der Waals surface area (Å²) in [6.07, 6.45) is 3.13. The Labute approximate surface area is 116 Å². The second-order valence-electron chi connectivity index (χ2n) is 5.08. The van der Waals surface area contributed by atoms with Crippen molar-refractivity contribution in [3.05, 3.63) is 47.9 Å². The van der Waals surface area contributed by atoms with Crippen molar-refractivity contribution in [2.45, 2.75) is 12.5 Å². The molecule has 0 saturated heterocycles. The summed E-state index contributed by atoms with van der Waals surface area (Å²) in [6.45, 7) is 2.33. The van der Waals surface area contributed by atoms with E-state index in [1.54, 1.807) is 18.3 Å². The summed E-state index contributed by atoms with van der Waals surface area (Å²) >= 11 is 0. The zero-order valence-corrected chi connectivity index (χ0v) is 11.1. The van der Waals surface area contributed by atoms with Gasteiger partial charge in [0.2, 0.25) is 0 Å². The van der Waals surface area contributed by atoms with Gasteiger partial charge in [-0.1, -0.05) is 0 Å². The Morgan fingerprint density at radius 1 is 1.40 bits per heavy atom. The number of rotatable bonds is 2. The molecule has 1 aliphatic heterocycles. The Kier molecular flexibility index (Phi) is 2.87. The van der Waals surface area contributed by atoms with Crippen LogP contribution < -0.4 is 16.4 Å². The Balaban J connectivity index is 1.98. The summed E-state index contributed by atoms with van der Waals surface area (Å²) in [7, 11) is 0. The van der Waals surface area contributed by atoms with E-state index in [9.17, 15) is 4.79 Å². The number of anilines is 2. The summed E-state index contributed by atoms with van der Waals surface area (Å²) in [4.78, 5) is 19.8. The van der Waals surface area contributed by atoms with E-state index in [2.05, 4.69) is 20.6 Å². The van der Waals surface area contributed by atoms with Gasteiger partial charge in [0.1, 0.15) is 12.1 Å². The number of nitrogens with two attached hydrogens (primary N) is 1. The number of amides is 1. The lowest BCUT2D eigenvalue weighted by atomic mass is 9.85. The lowest BCUT2D eigenvalue weighted by Crippen LogP contribution is -2.50. The molecular formula is C14H15N5O. The van der Waals surface area contributed by atoms with Gasteiger partial charge in [0, 0.05) is 24.0 Å². The Morgan fingerprint density at radius 3 is 3.00 bits per heavy atom. The molecule has 0 saturated carbocycles. The van der Waals surface area contributed by atoms with E-state index in [4.69, 9.17) is 5.73 Å². The van der Waals surface area contributed by atoms with Gasteiger partial charge < -0.3 is 16.4 Å². The van der Waals surface area contributed by atoms with Gasteiger partial charge in [-0.3, -0.25) is 4.79 Å². The van der Waals surface area contributed by atoms with E-state index >= 15 is 0 Å². The number of hydrogen-bond donors (Lipinski definition) is 3. The smallest absolute Gasteiger partial charge is 0.251 e. The van der Waals surface area contributed by atoms with Crippen LogP contribution in [0.3, 0.4) is 0 Å². The van der Waals surface area contributed by atoms with Crippen LogP contribution in [0.2, 0.25) is 0 Å². The molecule has 0 aliphatic carbocycles. The largest absolute Gasteiger partial charge is 0.350 e. The van der Waals surface area contributed by atoms with Crippen LogP contribution in [0.15, 0.2) is 36.8 Å². The molecule has 1 aromatic heterocycles. The Hall–Kier alpha value is -2.47. The number of fused-ring (bicyclic) bond motifs is 1. The normalized spacial score (nSPS) is 21.0. The molecule has 0 spiro atoms. The lowest BCUT2D eigenvalue weighted by molar-refractivity contribution is 0.0928. The highest BCUT2D eigenvalue weighted by atomic mass is 16.1. The first-order valence-corrected chi connectivity index (χ1v) is 6.31. The molecule has 102 valence electrons.